The topological polar surface area (TPSA) is 71.5 Å². The summed E-state index contributed by atoms with van der Waals surface area (Å²) in [5.41, 5.74) is 3.18. The summed E-state index contributed by atoms with van der Waals surface area (Å²) in [5.74, 6) is 0.740. The second-order valence-electron chi connectivity index (χ2n) is 7.10. The van der Waals surface area contributed by atoms with Crippen molar-refractivity contribution in [1.82, 2.24) is 15.2 Å². The van der Waals surface area contributed by atoms with Crippen molar-refractivity contribution in [1.29, 1.82) is 0 Å². The zero-order valence-corrected chi connectivity index (χ0v) is 15.4. The first-order valence-corrected chi connectivity index (χ1v) is 9.37. The van der Waals surface area contributed by atoms with E-state index in [1.165, 1.54) is 6.92 Å². The van der Waals surface area contributed by atoms with Crippen molar-refractivity contribution in [3.8, 4) is 16.9 Å². The van der Waals surface area contributed by atoms with Gasteiger partial charge in [0.2, 0.25) is 11.8 Å². The minimum atomic E-state index is -0.350. The van der Waals surface area contributed by atoms with E-state index in [1.54, 1.807) is 11.1 Å². The Morgan fingerprint density at radius 2 is 2.19 bits per heavy atom. The van der Waals surface area contributed by atoms with Gasteiger partial charge in [-0.3, -0.25) is 14.6 Å². The number of hydrogen-bond acceptors (Lipinski definition) is 4. The minimum absolute atomic E-state index is 0.0433. The van der Waals surface area contributed by atoms with Crippen LogP contribution in [0.5, 0.6) is 5.75 Å². The molecule has 1 fully saturated rings. The number of likely N-dealkylation sites (tertiary alicyclic amines) is 1. The van der Waals surface area contributed by atoms with Crippen molar-refractivity contribution in [3.05, 3.63) is 48.3 Å². The largest absolute Gasteiger partial charge is 0.487 e. The van der Waals surface area contributed by atoms with Crippen molar-refractivity contribution >= 4 is 11.8 Å². The monoisotopic (exact) mass is 365 g/mol. The number of benzene rings is 1. The lowest BCUT2D eigenvalue weighted by atomic mass is 10.0. The van der Waals surface area contributed by atoms with E-state index >= 15 is 0 Å². The van der Waals surface area contributed by atoms with Crippen LogP contribution in [0.3, 0.4) is 0 Å². The Labute approximate surface area is 158 Å². The Hall–Kier alpha value is -2.89. The standard InChI is InChI=1S/C21H23N3O3/c1-14(25)24-10-4-8-19(24)21(26)23-13-17-11-15-5-2-7-18(20(15)27-17)16-6-3-9-22-12-16/h2-3,5-7,9,12,17,19H,4,8,10-11,13H2,1H3,(H,23,26)/t17?,19-/m0/s1. The van der Waals surface area contributed by atoms with Crippen LogP contribution >= 0.6 is 0 Å². The lowest BCUT2D eigenvalue weighted by molar-refractivity contribution is -0.137. The number of nitrogens with zero attached hydrogens (tertiary/aromatic N) is 2. The molecule has 1 aromatic heterocycles. The van der Waals surface area contributed by atoms with Crippen molar-refractivity contribution in [3.63, 3.8) is 0 Å². The van der Waals surface area contributed by atoms with Crippen LogP contribution in [0.25, 0.3) is 11.1 Å². The molecule has 2 aromatic rings. The van der Waals surface area contributed by atoms with E-state index < -0.39 is 0 Å². The second kappa shape index (κ2) is 7.39. The smallest absolute Gasteiger partial charge is 0.242 e. The molecule has 1 aromatic carbocycles. The summed E-state index contributed by atoms with van der Waals surface area (Å²) in [6, 6.07) is 9.68. The van der Waals surface area contributed by atoms with Gasteiger partial charge in [-0.25, -0.2) is 0 Å². The summed E-state index contributed by atoms with van der Waals surface area (Å²) in [5, 5.41) is 2.98. The molecule has 0 spiro atoms. The summed E-state index contributed by atoms with van der Waals surface area (Å²) in [6.07, 6.45) is 5.82. The predicted molar refractivity (Wildman–Crippen MR) is 101 cm³/mol. The van der Waals surface area contributed by atoms with E-state index in [2.05, 4.69) is 16.4 Å². The molecule has 2 aliphatic heterocycles. The Kier molecular flexibility index (Phi) is 4.79. The molecule has 2 aliphatic rings. The number of rotatable bonds is 4. The lowest BCUT2D eigenvalue weighted by Crippen LogP contribution is -2.47. The SMILES string of the molecule is CC(=O)N1CCC[C@H]1C(=O)NCC1Cc2cccc(-c3cccnc3)c2O1. The molecule has 1 unspecified atom stereocenters. The highest BCUT2D eigenvalue weighted by atomic mass is 16.5. The Morgan fingerprint density at radius 3 is 2.96 bits per heavy atom. The zero-order valence-electron chi connectivity index (χ0n) is 15.4. The zero-order chi connectivity index (χ0) is 18.8. The number of amides is 2. The van der Waals surface area contributed by atoms with Gasteiger partial charge in [0.15, 0.2) is 0 Å². The molecule has 4 rings (SSSR count). The summed E-state index contributed by atoms with van der Waals surface area (Å²) in [7, 11) is 0. The molecule has 6 heteroatoms. The maximum atomic E-state index is 12.5. The van der Waals surface area contributed by atoms with Crippen LogP contribution in [0.4, 0.5) is 0 Å². The quantitative estimate of drug-likeness (QED) is 0.901. The van der Waals surface area contributed by atoms with Crippen LogP contribution in [0.1, 0.15) is 25.3 Å². The molecule has 6 nitrogen and oxygen atoms in total. The van der Waals surface area contributed by atoms with E-state index in [9.17, 15) is 9.59 Å². The highest BCUT2D eigenvalue weighted by Crippen LogP contribution is 2.38. The number of aromatic nitrogens is 1. The van der Waals surface area contributed by atoms with Crippen LogP contribution in [-0.4, -0.2) is 46.9 Å². The van der Waals surface area contributed by atoms with Gasteiger partial charge in [0.05, 0.1) is 6.54 Å². The van der Waals surface area contributed by atoms with Gasteiger partial charge >= 0.3 is 0 Å². The van der Waals surface area contributed by atoms with Crippen molar-refractivity contribution < 1.29 is 14.3 Å². The summed E-state index contributed by atoms with van der Waals surface area (Å²) in [6.45, 7) is 2.61. The summed E-state index contributed by atoms with van der Waals surface area (Å²) >= 11 is 0. The molecule has 0 radical (unpaired) electrons. The van der Waals surface area contributed by atoms with Gasteiger partial charge in [-0.15, -0.1) is 0 Å². The van der Waals surface area contributed by atoms with Gasteiger partial charge in [-0.05, 0) is 24.5 Å². The normalized spacial score (nSPS) is 20.9. The maximum Gasteiger partial charge on any atom is 0.242 e. The van der Waals surface area contributed by atoms with E-state index in [4.69, 9.17) is 4.74 Å². The highest BCUT2D eigenvalue weighted by molar-refractivity contribution is 5.87. The molecular formula is C21H23N3O3. The number of fused-ring (bicyclic) bond motifs is 1. The van der Waals surface area contributed by atoms with Crippen LogP contribution in [0.15, 0.2) is 42.7 Å². The van der Waals surface area contributed by atoms with Gasteiger partial charge in [0.1, 0.15) is 17.9 Å². The van der Waals surface area contributed by atoms with Gasteiger partial charge in [0.25, 0.3) is 0 Å². The number of carbonyl (C=O) groups is 2. The van der Waals surface area contributed by atoms with Crippen molar-refractivity contribution in [2.24, 2.45) is 0 Å². The van der Waals surface area contributed by atoms with Crippen LogP contribution in [0, 0.1) is 0 Å². The number of para-hydroxylation sites is 1. The molecule has 2 atom stereocenters. The maximum absolute atomic E-state index is 12.5. The van der Waals surface area contributed by atoms with E-state index in [0.29, 0.717) is 13.1 Å². The molecule has 1 N–H and O–H groups in total. The summed E-state index contributed by atoms with van der Waals surface area (Å²) in [4.78, 5) is 30.0. The van der Waals surface area contributed by atoms with Crippen LogP contribution < -0.4 is 10.1 Å². The first-order valence-electron chi connectivity index (χ1n) is 9.37. The minimum Gasteiger partial charge on any atom is -0.487 e. The van der Waals surface area contributed by atoms with Crippen molar-refractivity contribution in [2.75, 3.05) is 13.1 Å². The fraction of sp³-hybridized carbons (Fsp3) is 0.381. The fourth-order valence-electron chi connectivity index (χ4n) is 3.95. The molecule has 0 aliphatic carbocycles. The Balaban J connectivity index is 1.41. The molecule has 0 bridgehead atoms. The average molecular weight is 365 g/mol. The lowest BCUT2D eigenvalue weighted by Gasteiger charge is -2.23. The third-order valence-electron chi connectivity index (χ3n) is 5.27. The number of carbonyl (C=O) groups excluding carboxylic acids is 2. The summed E-state index contributed by atoms with van der Waals surface area (Å²) < 4.78 is 6.16. The number of ether oxygens (including phenoxy) is 1. The number of pyridine rings is 1. The first kappa shape index (κ1) is 17.5. The van der Waals surface area contributed by atoms with E-state index in [0.717, 1.165) is 41.7 Å². The molecule has 140 valence electrons. The fourth-order valence-corrected chi connectivity index (χ4v) is 3.95. The van der Waals surface area contributed by atoms with Gasteiger partial charge < -0.3 is 15.0 Å². The Bertz CT molecular complexity index is 853. The molecule has 0 saturated carbocycles. The molecular weight excluding hydrogens is 342 g/mol. The average Bonchev–Trinajstić information content (AvgIpc) is 3.33. The highest BCUT2D eigenvalue weighted by Gasteiger charge is 2.33. The predicted octanol–water partition coefficient (Wildman–Crippen LogP) is 2.18. The van der Waals surface area contributed by atoms with Crippen LogP contribution in [0.2, 0.25) is 0 Å². The van der Waals surface area contributed by atoms with E-state index in [1.807, 2.05) is 30.5 Å². The van der Waals surface area contributed by atoms with Gasteiger partial charge in [0, 0.05) is 43.4 Å². The van der Waals surface area contributed by atoms with Crippen LogP contribution in [-0.2, 0) is 16.0 Å². The first-order chi connectivity index (χ1) is 13.1. The van der Waals surface area contributed by atoms with E-state index in [-0.39, 0.29) is 24.0 Å². The Morgan fingerprint density at radius 1 is 1.30 bits per heavy atom. The third-order valence-corrected chi connectivity index (χ3v) is 5.27. The second-order valence-corrected chi connectivity index (χ2v) is 7.10. The van der Waals surface area contributed by atoms with Crippen molar-refractivity contribution in [2.45, 2.75) is 38.3 Å². The molecule has 3 heterocycles. The molecule has 27 heavy (non-hydrogen) atoms. The van der Waals surface area contributed by atoms with Gasteiger partial charge in [-0.1, -0.05) is 24.3 Å². The number of hydrogen-bond donors (Lipinski definition) is 1. The van der Waals surface area contributed by atoms with Gasteiger partial charge in [-0.2, -0.15) is 0 Å². The molecule has 2 amide bonds. The number of nitrogens with one attached hydrogen (secondary N) is 1. The third kappa shape index (κ3) is 3.52. The molecule has 1 saturated heterocycles.